The van der Waals surface area contributed by atoms with Gasteiger partial charge in [0.2, 0.25) is 0 Å². The summed E-state index contributed by atoms with van der Waals surface area (Å²) in [5.41, 5.74) is 17.7. The first-order valence-corrected chi connectivity index (χ1v) is 17.9. The van der Waals surface area contributed by atoms with Crippen molar-refractivity contribution in [3.05, 3.63) is 198 Å². The molecule has 0 amide bonds. The van der Waals surface area contributed by atoms with Crippen molar-refractivity contribution in [1.29, 1.82) is 0 Å². The van der Waals surface area contributed by atoms with Crippen molar-refractivity contribution < 1.29 is 0 Å². The van der Waals surface area contributed by atoms with Crippen LogP contribution in [-0.2, 0) is 6.42 Å². The van der Waals surface area contributed by atoms with Gasteiger partial charge in [0.1, 0.15) is 0 Å². The summed E-state index contributed by atoms with van der Waals surface area (Å²) in [4.78, 5) is 14.7. The zero-order valence-electron chi connectivity index (χ0n) is 28.5. The van der Waals surface area contributed by atoms with E-state index in [1.54, 1.807) is 0 Å². The molecular weight excluding hydrogens is 631 g/mol. The van der Waals surface area contributed by atoms with Crippen molar-refractivity contribution in [3.63, 3.8) is 0 Å². The number of fused-ring (bicyclic) bond motifs is 4. The lowest BCUT2D eigenvalue weighted by atomic mass is 9.88. The highest BCUT2D eigenvalue weighted by Crippen LogP contribution is 2.50. The Labute approximate surface area is 303 Å². The smallest absolute Gasteiger partial charge is 0.160 e. The summed E-state index contributed by atoms with van der Waals surface area (Å²) in [7, 11) is 0. The van der Waals surface area contributed by atoms with Crippen LogP contribution in [0.1, 0.15) is 23.2 Å². The van der Waals surface area contributed by atoms with E-state index in [4.69, 9.17) is 15.0 Å². The number of pyridine rings is 1. The Hall–Kier alpha value is -6.71. The SMILES string of the molecule is C1=C(c2ccccn2)C2=C(C1)Cc1c2cc(-c2cccc(-c3ccc(-c4cc(-c5ccccc5)nc(-c5ccccc5)n4)cc3)c2)c2ccccc12. The van der Waals surface area contributed by atoms with Gasteiger partial charge in [-0.05, 0) is 92.9 Å². The van der Waals surface area contributed by atoms with Gasteiger partial charge in [-0.25, -0.2) is 9.97 Å². The quantitative estimate of drug-likeness (QED) is 0.178. The average Bonchev–Trinajstić information content (AvgIpc) is 3.82. The van der Waals surface area contributed by atoms with Gasteiger partial charge in [0, 0.05) is 28.5 Å². The summed E-state index contributed by atoms with van der Waals surface area (Å²) in [6.45, 7) is 0. The summed E-state index contributed by atoms with van der Waals surface area (Å²) in [6.07, 6.45) is 6.24. The Morgan fingerprint density at radius 2 is 1.06 bits per heavy atom. The minimum Gasteiger partial charge on any atom is -0.256 e. The predicted molar refractivity (Wildman–Crippen MR) is 214 cm³/mol. The molecule has 8 aromatic rings. The van der Waals surface area contributed by atoms with Gasteiger partial charge in [-0.2, -0.15) is 0 Å². The highest BCUT2D eigenvalue weighted by atomic mass is 14.9. The molecular formula is C49H33N3. The molecule has 0 unspecified atom stereocenters. The highest BCUT2D eigenvalue weighted by molar-refractivity contribution is 6.14. The molecule has 2 heterocycles. The zero-order valence-corrected chi connectivity index (χ0v) is 28.5. The third-order valence-corrected chi connectivity index (χ3v) is 10.4. The number of hydrogen-bond acceptors (Lipinski definition) is 3. The average molecular weight is 664 g/mol. The van der Waals surface area contributed by atoms with Crippen molar-refractivity contribution in [2.75, 3.05) is 0 Å². The van der Waals surface area contributed by atoms with Crippen LogP contribution >= 0.6 is 0 Å². The van der Waals surface area contributed by atoms with E-state index in [2.05, 4.69) is 127 Å². The van der Waals surface area contributed by atoms with Crippen molar-refractivity contribution in [2.45, 2.75) is 12.8 Å². The summed E-state index contributed by atoms with van der Waals surface area (Å²) in [5.74, 6) is 0.721. The predicted octanol–water partition coefficient (Wildman–Crippen LogP) is 12.2. The third kappa shape index (κ3) is 5.26. The molecule has 6 aromatic carbocycles. The van der Waals surface area contributed by atoms with Gasteiger partial charge in [0.25, 0.3) is 0 Å². The minimum atomic E-state index is 0.721. The van der Waals surface area contributed by atoms with E-state index < -0.39 is 0 Å². The Morgan fingerprint density at radius 1 is 0.423 bits per heavy atom. The van der Waals surface area contributed by atoms with E-state index in [1.165, 1.54) is 55.3 Å². The molecule has 2 aromatic heterocycles. The zero-order chi connectivity index (χ0) is 34.4. The van der Waals surface area contributed by atoms with Gasteiger partial charge >= 0.3 is 0 Å². The Kier molecular flexibility index (Phi) is 7.28. The summed E-state index contributed by atoms with van der Waals surface area (Å²) in [6, 6.07) is 57.9. The molecule has 0 N–H and O–H groups in total. The molecule has 0 bridgehead atoms. The van der Waals surface area contributed by atoms with Crippen LogP contribution in [-0.4, -0.2) is 15.0 Å². The fraction of sp³-hybridized carbons (Fsp3) is 0.0408. The standard InChI is InChI=1S/C49H33N3/c1-3-12-33(13-4-1)46-31-47(52-49(51-46)35-14-5-2-6-15-35)34-23-21-32(22-24-34)36-16-11-17-37(28-36)42-30-44-43(40-19-8-7-18-39(40)42)29-38-25-26-41(48(38)44)45-20-9-10-27-50-45/h1-24,26-28,30-31H,25,29H2. The fourth-order valence-electron chi connectivity index (χ4n) is 7.94. The number of allylic oxidation sites excluding steroid dienone is 4. The molecule has 3 nitrogen and oxygen atoms in total. The van der Waals surface area contributed by atoms with Crippen LogP contribution in [0.25, 0.3) is 78.1 Å². The first kappa shape index (κ1) is 30.1. The molecule has 52 heavy (non-hydrogen) atoms. The van der Waals surface area contributed by atoms with E-state index in [-0.39, 0.29) is 0 Å². The molecule has 0 saturated carbocycles. The second-order valence-electron chi connectivity index (χ2n) is 13.5. The molecule has 10 rings (SSSR count). The summed E-state index contributed by atoms with van der Waals surface area (Å²) < 4.78 is 0. The second kappa shape index (κ2) is 12.6. The van der Waals surface area contributed by atoms with Crippen LogP contribution in [0.2, 0.25) is 0 Å². The van der Waals surface area contributed by atoms with Crippen LogP contribution < -0.4 is 0 Å². The number of nitrogens with zero attached hydrogens (tertiary/aromatic N) is 3. The Balaban J connectivity index is 1.03. The number of rotatable bonds is 6. The molecule has 244 valence electrons. The van der Waals surface area contributed by atoms with Crippen molar-refractivity contribution in [3.8, 4) is 56.2 Å². The third-order valence-electron chi connectivity index (χ3n) is 10.4. The maximum absolute atomic E-state index is 5.04. The van der Waals surface area contributed by atoms with Crippen LogP contribution in [0, 0.1) is 0 Å². The van der Waals surface area contributed by atoms with Gasteiger partial charge in [0.15, 0.2) is 5.82 Å². The Morgan fingerprint density at radius 3 is 1.81 bits per heavy atom. The van der Waals surface area contributed by atoms with Crippen LogP contribution in [0.15, 0.2) is 182 Å². The first-order chi connectivity index (χ1) is 25.8. The van der Waals surface area contributed by atoms with E-state index in [0.717, 1.165) is 58.0 Å². The monoisotopic (exact) mass is 663 g/mol. The largest absolute Gasteiger partial charge is 0.256 e. The second-order valence-corrected chi connectivity index (χ2v) is 13.5. The molecule has 2 aliphatic carbocycles. The highest BCUT2D eigenvalue weighted by Gasteiger charge is 2.31. The van der Waals surface area contributed by atoms with Gasteiger partial charge in [-0.3, -0.25) is 4.98 Å². The lowest BCUT2D eigenvalue weighted by Crippen LogP contribution is -1.96. The Bertz CT molecular complexity index is 2630. The van der Waals surface area contributed by atoms with E-state index >= 15 is 0 Å². The van der Waals surface area contributed by atoms with E-state index in [0.29, 0.717) is 0 Å². The molecule has 0 fully saturated rings. The van der Waals surface area contributed by atoms with Gasteiger partial charge in [-0.1, -0.05) is 145 Å². The lowest BCUT2D eigenvalue weighted by Gasteiger charge is -2.16. The number of benzene rings is 6. The fourth-order valence-corrected chi connectivity index (χ4v) is 7.94. The molecule has 0 saturated heterocycles. The normalized spacial score (nSPS) is 13.3. The van der Waals surface area contributed by atoms with Crippen molar-refractivity contribution in [1.82, 2.24) is 15.0 Å². The summed E-state index contributed by atoms with van der Waals surface area (Å²) in [5, 5.41) is 2.64. The van der Waals surface area contributed by atoms with E-state index in [1.807, 2.05) is 48.7 Å². The lowest BCUT2D eigenvalue weighted by molar-refractivity contribution is 1.13. The van der Waals surface area contributed by atoms with E-state index in [9.17, 15) is 0 Å². The first-order valence-electron chi connectivity index (χ1n) is 17.9. The molecule has 3 heteroatoms. The maximum Gasteiger partial charge on any atom is 0.160 e. The van der Waals surface area contributed by atoms with Gasteiger partial charge in [-0.15, -0.1) is 0 Å². The summed E-state index contributed by atoms with van der Waals surface area (Å²) >= 11 is 0. The van der Waals surface area contributed by atoms with Gasteiger partial charge in [0.05, 0.1) is 17.1 Å². The molecule has 0 spiro atoms. The molecule has 0 radical (unpaired) electrons. The number of aromatic nitrogens is 3. The van der Waals surface area contributed by atoms with Crippen LogP contribution in [0.3, 0.4) is 0 Å². The maximum atomic E-state index is 5.04. The number of hydrogen-bond donors (Lipinski definition) is 0. The molecule has 0 atom stereocenters. The van der Waals surface area contributed by atoms with Crippen LogP contribution in [0.5, 0.6) is 0 Å². The molecule has 0 aliphatic heterocycles. The van der Waals surface area contributed by atoms with Crippen molar-refractivity contribution >= 4 is 21.9 Å². The topological polar surface area (TPSA) is 38.7 Å². The minimum absolute atomic E-state index is 0.721. The van der Waals surface area contributed by atoms with Crippen LogP contribution in [0.4, 0.5) is 0 Å². The molecule has 2 aliphatic rings. The van der Waals surface area contributed by atoms with Gasteiger partial charge < -0.3 is 0 Å². The van der Waals surface area contributed by atoms with Crippen molar-refractivity contribution in [2.24, 2.45) is 0 Å².